The van der Waals surface area contributed by atoms with Crippen molar-refractivity contribution in [2.45, 2.75) is 12.8 Å². The Kier molecular flexibility index (Phi) is 2.68. The summed E-state index contributed by atoms with van der Waals surface area (Å²) in [6, 6.07) is 4.71. The van der Waals surface area contributed by atoms with E-state index in [0.717, 1.165) is 0 Å². The number of hydrogen-bond donors (Lipinski definition) is 0. The molecule has 0 aliphatic carbocycles. The van der Waals surface area contributed by atoms with Gasteiger partial charge in [-0.25, -0.2) is 4.39 Å². The van der Waals surface area contributed by atoms with Crippen molar-refractivity contribution in [3.8, 4) is 11.5 Å². The zero-order valence-corrected chi connectivity index (χ0v) is 8.75. The number of alkyl halides is 1. The van der Waals surface area contributed by atoms with E-state index in [4.69, 9.17) is 16.1 Å². The molecule has 0 aliphatic rings. The van der Waals surface area contributed by atoms with Crippen LogP contribution in [0.15, 0.2) is 22.7 Å². The summed E-state index contributed by atoms with van der Waals surface area (Å²) in [6.07, 6.45) is 0. The molecule has 0 unspecified atom stereocenters. The summed E-state index contributed by atoms with van der Waals surface area (Å²) < 4.78 is 18.2. The number of aromatic nitrogens is 2. The third-order valence-electron chi connectivity index (χ3n) is 2.09. The number of nitrogens with zero attached hydrogens (tertiary/aromatic N) is 2. The average molecular weight is 227 g/mol. The molecule has 0 N–H and O–H groups in total. The van der Waals surface area contributed by atoms with Crippen molar-refractivity contribution in [2.24, 2.45) is 0 Å². The van der Waals surface area contributed by atoms with Gasteiger partial charge in [0, 0.05) is 5.56 Å². The SMILES string of the molecule is Cc1c(F)cccc1-c1nc(CCl)no1. The average Bonchev–Trinajstić information content (AvgIpc) is 2.70. The predicted molar refractivity (Wildman–Crippen MR) is 54.0 cm³/mol. The van der Waals surface area contributed by atoms with E-state index in [1.165, 1.54) is 6.07 Å². The zero-order chi connectivity index (χ0) is 10.8. The highest BCUT2D eigenvalue weighted by atomic mass is 35.5. The minimum Gasteiger partial charge on any atom is -0.334 e. The van der Waals surface area contributed by atoms with Gasteiger partial charge in [0.25, 0.3) is 5.89 Å². The van der Waals surface area contributed by atoms with Gasteiger partial charge in [0.05, 0.1) is 5.88 Å². The molecule has 78 valence electrons. The molecule has 0 radical (unpaired) electrons. The highest BCUT2D eigenvalue weighted by Crippen LogP contribution is 2.23. The second-order valence-electron chi connectivity index (χ2n) is 3.06. The van der Waals surface area contributed by atoms with Crippen LogP contribution in [0.2, 0.25) is 0 Å². The Bertz CT molecular complexity index is 484. The first-order chi connectivity index (χ1) is 7.22. The van der Waals surface area contributed by atoms with Gasteiger partial charge in [-0.15, -0.1) is 11.6 Å². The molecule has 3 nitrogen and oxygen atoms in total. The number of benzene rings is 1. The van der Waals surface area contributed by atoms with Gasteiger partial charge in [0.15, 0.2) is 5.82 Å². The van der Waals surface area contributed by atoms with Crippen LogP contribution in [0.3, 0.4) is 0 Å². The van der Waals surface area contributed by atoms with Gasteiger partial charge in [-0.05, 0) is 24.6 Å². The summed E-state index contributed by atoms with van der Waals surface area (Å²) in [5.41, 5.74) is 1.08. The van der Waals surface area contributed by atoms with Crippen LogP contribution in [-0.2, 0) is 5.88 Å². The third-order valence-corrected chi connectivity index (χ3v) is 2.32. The van der Waals surface area contributed by atoms with Gasteiger partial charge in [0.1, 0.15) is 5.82 Å². The summed E-state index contributed by atoms with van der Waals surface area (Å²) >= 11 is 5.54. The van der Waals surface area contributed by atoms with Crippen LogP contribution in [-0.4, -0.2) is 10.1 Å². The van der Waals surface area contributed by atoms with Gasteiger partial charge in [-0.1, -0.05) is 11.2 Å². The first-order valence-corrected chi connectivity index (χ1v) is 4.90. The first-order valence-electron chi connectivity index (χ1n) is 4.36. The monoisotopic (exact) mass is 226 g/mol. The van der Waals surface area contributed by atoms with Crippen molar-refractivity contribution >= 4 is 11.6 Å². The third kappa shape index (κ3) is 1.85. The number of halogens is 2. The van der Waals surface area contributed by atoms with Crippen LogP contribution in [0.25, 0.3) is 11.5 Å². The van der Waals surface area contributed by atoms with Crippen molar-refractivity contribution in [1.29, 1.82) is 0 Å². The van der Waals surface area contributed by atoms with Crippen molar-refractivity contribution in [3.63, 3.8) is 0 Å². The van der Waals surface area contributed by atoms with Crippen LogP contribution < -0.4 is 0 Å². The van der Waals surface area contributed by atoms with Crippen molar-refractivity contribution < 1.29 is 8.91 Å². The molecule has 15 heavy (non-hydrogen) atoms. The Labute approximate surface area is 90.9 Å². The fraction of sp³-hybridized carbons (Fsp3) is 0.200. The van der Waals surface area contributed by atoms with E-state index in [0.29, 0.717) is 22.8 Å². The minimum atomic E-state index is -0.293. The van der Waals surface area contributed by atoms with Crippen molar-refractivity contribution in [3.05, 3.63) is 35.4 Å². The molecule has 0 fully saturated rings. The molecular formula is C10H8ClFN2O. The summed E-state index contributed by atoms with van der Waals surface area (Å²) in [5, 5.41) is 3.64. The second-order valence-corrected chi connectivity index (χ2v) is 3.33. The second kappa shape index (κ2) is 3.98. The van der Waals surface area contributed by atoms with Crippen LogP contribution >= 0.6 is 11.6 Å². The molecule has 2 rings (SSSR count). The lowest BCUT2D eigenvalue weighted by atomic mass is 10.1. The molecule has 0 saturated carbocycles. The maximum atomic E-state index is 13.2. The van der Waals surface area contributed by atoms with Crippen molar-refractivity contribution in [2.75, 3.05) is 0 Å². The molecule has 0 atom stereocenters. The molecule has 1 heterocycles. The lowest BCUT2D eigenvalue weighted by Gasteiger charge is -2.00. The van der Waals surface area contributed by atoms with Crippen LogP contribution in [0, 0.1) is 12.7 Å². The van der Waals surface area contributed by atoms with Gasteiger partial charge in [-0.3, -0.25) is 0 Å². The number of hydrogen-bond acceptors (Lipinski definition) is 3. The lowest BCUT2D eigenvalue weighted by Crippen LogP contribution is -1.88. The normalized spacial score (nSPS) is 10.6. The molecule has 1 aromatic heterocycles. The van der Waals surface area contributed by atoms with Gasteiger partial charge < -0.3 is 4.52 Å². The maximum absolute atomic E-state index is 13.2. The fourth-order valence-electron chi connectivity index (χ4n) is 1.26. The first kappa shape index (κ1) is 10.1. The predicted octanol–water partition coefficient (Wildman–Crippen LogP) is 2.92. The molecular weight excluding hydrogens is 219 g/mol. The Balaban J connectivity index is 2.49. The summed E-state index contributed by atoms with van der Waals surface area (Å²) in [6.45, 7) is 1.66. The molecule has 0 amide bonds. The zero-order valence-electron chi connectivity index (χ0n) is 8.00. The minimum absolute atomic E-state index is 0.178. The van der Waals surface area contributed by atoms with Crippen molar-refractivity contribution in [1.82, 2.24) is 10.1 Å². The van der Waals surface area contributed by atoms with Gasteiger partial charge in [-0.2, -0.15) is 4.98 Å². The molecule has 0 spiro atoms. The summed E-state index contributed by atoms with van der Waals surface area (Å²) in [7, 11) is 0. The maximum Gasteiger partial charge on any atom is 0.258 e. The van der Waals surface area contributed by atoms with E-state index < -0.39 is 0 Å². The quantitative estimate of drug-likeness (QED) is 0.739. The fourth-order valence-corrected chi connectivity index (χ4v) is 1.37. The van der Waals surface area contributed by atoms with Crippen LogP contribution in [0.5, 0.6) is 0 Å². The molecule has 0 bridgehead atoms. The van der Waals surface area contributed by atoms with Gasteiger partial charge >= 0.3 is 0 Å². The number of rotatable bonds is 2. The van der Waals surface area contributed by atoms with E-state index in [9.17, 15) is 4.39 Å². The van der Waals surface area contributed by atoms with E-state index in [1.54, 1.807) is 19.1 Å². The molecule has 0 saturated heterocycles. The van der Waals surface area contributed by atoms with Crippen LogP contribution in [0.1, 0.15) is 11.4 Å². The topological polar surface area (TPSA) is 38.9 Å². The summed E-state index contributed by atoms with van der Waals surface area (Å²) in [5.74, 6) is 0.578. The molecule has 0 aliphatic heterocycles. The Morgan fingerprint density at radius 1 is 1.47 bits per heavy atom. The highest BCUT2D eigenvalue weighted by molar-refractivity contribution is 6.16. The molecule has 2 aromatic rings. The Hall–Kier alpha value is -1.42. The van der Waals surface area contributed by atoms with Crippen LogP contribution in [0.4, 0.5) is 4.39 Å². The highest BCUT2D eigenvalue weighted by Gasteiger charge is 2.12. The van der Waals surface area contributed by atoms with E-state index in [2.05, 4.69) is 10.1 Å². The van der Waals surface area contributed by atoms with Gasteiger partial charge in [0.2, 0.25) is 0 Å². The van der Waals surface area contributed by atoms with E-state index in [1.807, 2.05) is 0 Å². The Morgan fingerprint density at radius 3 is 2.93 bits per heavy atom. The van der Waals surface area contributed by atoms with E-state index in [-0.39, 0.29) is 11.7 Å². The lowest BCUT2D eigenvalue weighted by molar-refractivity contribution is 0.424. The van der Waals surface area contributed by atoms with E-state index >= 15 is 0 Å². The molecule has 1 aromatic carbocycles. The largest absolute Gasteiger partial charge is 0.334 e. The standard InChI is InChI=1S/C10H8ClFN2O/c1-6-7(3-2-4-8(6)12)10-13-9(5-11)14-15-10/h2-4H,5H2,1H3. The molecule has 5 heteroatoms. The summed E-state index contributed by atoms with van der Waals surface area (Å²) in [4.78, 5) is 4.02. The Morgan fingerprint density at radius 2 is 2.27 bits per heavy atom. The smallest absolute Gasteiger partial charge is 0.258 e.